The minimum Gasteiger partial charge on any atom is -0.454 e. The summed E-state index contributed by atoms with van der Waals surface area (Å²) in [4.78, 5) is 30.4. The molecule has 6 nitrogen and oxygen atoms in total. The second kappa shape index (κ2) is 8.03. The van der Waals surface area contributed by atoms with Gasteiger partial charge in [0.05, 0.1) is 16.8 Å². The molecule has 6 rings (SSSR count). The fourth-order valence-corrected chi connectivity index (χ4v) is 5.01. The standard InChI is InChI=1S/C27H23NO5/c29-21-9-4-10-22(21)33-27(30)25-18-6-1-2-8-20(18)28-26-17(5-3-7-19(25)26)13-16-11-12-23-24(14-16)32-15-31-23/h1-2,6,8,11-14,22H,3-5,7,9-10,15H2. The first-order valence-electron chi connectivity index (χ1n) is 11.4. The molecule has 1 saturated carbocycles. The Morgan fingerprint density at radius 3 is 2.79 bits per heavy atom. The Balaban J connectivity index is 1.46. The van der Waals surface area contributed by atoms with Gasteiger partial charge in [-0.15, -0.1) is 0 Å². The van der Waals surface area contributed by atoms with Gasteiger partial charge >= 0.3 is 5.97 Å². The first kappa shape index (κ1) is 20.0. The number of benzene rings is 2. The van der Waals surface area contributed by atoms with Crippen LogP contribution in [0, 0.1) is 0 Å². The Kier molecular flexibility index (Phi) is 4.86. The average Bonchev–Trinajstić information content (AvgIpc) is 3.46. The van der Waals surface area contributed by atoms with Crippen molar-refractivity contribution in [2.24, 2.45) is 0 Å². The Hall–Kier alpha value is -3.67. The highest BCUT2D eigenvalue weighted by molar-refractivity contribution is 6.07. The summed E-state index contributed by atoms with van der Waals surface area (Å²) in [7, 11) is 0. The predicted molar refractivity (Wildman–Crippen MR) is 123 cm³/mol. The Morgan fingerprint density at radius 2 is 1.91 bits per heavy atom. The van der Waals surface area contributed by atoms with E-state index in [9.17, 15) is 9.59 Å². The molecule has 0 radical (unpaired) electrons. The molecule has 3 aromatic rings. The predicted octanol–water partition coefficient (Wildman–Crippen LogP) is 5.12. The van der Waals surface area contributed by atoms with Crippen LogP contribution in [0.2, 0.25) is 0 Å². The Morgan fingerprint density at radius 1 is 1.03 bits per heavy atom. The number of allylic oxidation sites excluding steroid dienone is 1. The number of ketones is 1. The van der Waals surface area contributed by atoms with E-state index in [1.165, 1.54) is 0 Å². The molecule has 1 fully saturated rings. The van der Waals surface area contributed by atoms with Crippen LogP contribution < -0.4 is 9.47 Å². The summed E-state index contributed by atoms with van der Waals surface area (Å²) in [5.41, 5.74) is 5.11. The van der Waals surface area contributed by atoms with Crippen molar-refractivity contribution in [1.82, 2.24) is 4.98 Å². The maximum atomic E-state index is 13.4. The summed E-state index contributed by atoms with van der Waals surface area (Å²) in [6.07, 6.45) is 5.85. The molecule has 6 heteroatoms. The molecule has 2 aromatic carbocycles. The molecule has 0 saturated heterocycles. The maximum Gasteiger partial charge on any atom is 0.339 e. The molecule has 2 aliphatic carbocycles. The van der Waals surface area contributed by atoms with Crippen LogP contribution in [0.5, 0.6) is 11.5 Å². The number of esters is 1. The van der Waals surface area contributed by atoms with E-state index < -0.39 is 12.1 Å². The number of ether oxygens (including phenoxy) is 3. The zero-order valence-corrected chi connectivity index (χ0v) is 18.1. The molecule has 0 bridgehead atoms. The number of para-hydroxylation sites is 1. The average molecular weight is 441 g/mol. The Labute approximate surface area is 191 Å². The molecule has 1 aliphatic heterocycles. The first-order valence-corrected chi connectivity index (χ1v) is 11.4. The van der Waals surface area contributed by atoms with Gasteiger partial charge in [0.1, 0.15) is 0 Å². The fraction of sp³-hybridized carbons (Fsp3) is 0.296. The van der Waals surface area contributed by atoms with Gasteiger partial charge in [-0.3, -0.25) is 4.79 Å². The quantitative estimate of drug-likeness (QED) is 0.525. The Bertz CT molecular complexity index is 1330. The van der Waals surface area contributed by atoms with Crippen LogP contribution in [0.4, 0.5) is 0 Å². The molecule has 1 unspecified atom stereocenters. The molecule has 0 N–H and O–H groups in total. The molecule has 0 amide bonds. The van der Waals surface area contributed by atoms with Crippen molar-refractivity contribution in [2.75, 3.05) is 6.79 Å². The lowest BCUT2D eigenvalue weighted by molar-refractivity contribution is -0.124. The van der Waals surface area contributed by atoms with Crippen LogP contribution in [0.25, 0.3) is 22.6 Å². The van der Waals surface area contributed by atoms with Gasteiger partial charge in [-0.2, -0.15) is 0 Å². The third-order valence-electron chi connectivity index (χ3n) is 6.61. The number of aromatic nitrogens is 1. The highest BCUT2D eigenvalue weighted by Gasteiger charge is 2.31. The minimum absolute atomic E-state index is 0.0129. The second-order valence-corrected chi connectivity index (χ2v) is 8.72. The summed E-state index contributed by atoms with van der Waals surface area (Å²) in [6.45, 7) is 0.237. The highest BCUT2D eigenvalue weighted by atomic mass is 16.7. The van der Waals surface area contributed by atoms with Crippen LogP contribution in [0.15, 0.2) is 42.5 Å². The van der Waals surface area contributed by atoms with Crippen molar-refractivity contribution >= 4 is 34.3 Å². The number of hydrogen-bond donors (Lipinski definition) is 0. The molecule has 166 valence electrons. The number of Topliss-reactive ketones (excluding diaryl/α,β-unsaturated/α-hetero) is 1. The monoisotopic (exact) mass is 441 g/mol. The van der Waals surface area contributed by atoms with Gasteiger partial charge in [0, 0.05) is 11.8 Å². The molecule has 33 heavy (non-hydrogen) atoms. The van der Waals surface area contributed by atoms with Crippen LogP contribution in [-0.4, -0.2) is 29.6 Å². The van der Waals surface area contributed by atoms with Gasteiger partial charge in [0.15, 0.2) is 23.4 Å². The van der Waals surface area contributed by atoms with Crippen molar-refractivity contribution in [1.29, 1.82) is 0 Å². The molecular formula is C27H23NO5. The number of carbonyl (C=O) groups excluding carboxylic acids is 2. The SMILES string of the molecule is O=C(OC1CCCC1=O)c1c2c(nc3ccccc13)C(=Cc1ccc3c(c1)OCO3)CCC2. The smallest absolute Gasteiger partial charge is 0.339 e. The van der Waals surface area contributed by atoms with Crippen molar-refractivity contribution in [3.63, 3.8) is 0 Å². The van der Waals surface area contributed by atoms with E-state index in [-0.39, 0.29) is 12.6 Å². The van der Waals surface area contributed by atoms with E-state index in [2.05, 4.69) is 6.08 Å². The summed E-state index contributed by atoms with van der Waals surface area (Å²) in [6, 6.07) is 13.5. The van der Waals surface area contributed by atoms with Crippen molar-refractivity contribution in [3.05, 3.63) is 64.8 Å². The van der Waals surface area contributed by atoms with E-state index in [1.807, 2.05) is 42.5 Å². The van der Waals surface area contributed by atoms with Crippen LogP contribution in [0.1, 0.15) is 59.3 Å². The molecule has 1 atom stereocenters. The van der Waals surface area contributed by atoms with Crippen molar-refractivity contribution in [2.45, 2.75) is 44.6 Å². The summed E-state index contributed by atoms with van der Waals surface area (Å²) in [5, 5.41) is 0.774. The van der Waals surface area contributed by atoms with E-state index in [0.29, 0.717) is 18.4 Å². The number of nitrogens with zero attached hydrogens (tertiary/aromatic N) is 1. The van der Waals surface area contributed by atoms with Crippen molar-refractivity contribution in [3.8, 4) is 11.5 Å². The van der Waals surface area contributed by atoms with Gasteiger partial charge in [-0.05, 0) is 73.1 Å². The van der Waals surface area contributed by atoms with Gasteiger partial charge in [-0.1, -0.05) is 24.3 Å². The zero-order chi connectivity index (χ0) is 22.4. The molecule has 2 heterocycles. The molecular weight excluding hydrogens is 418 g/mol. The number of fused-ring (bicyclic) bond motifs is 3. The number of hydrogen-bond acceptors (Lipinski definition) is 6. The number of rotatable bonds is 3. The lowest BCUT2D eigenvalue weighted by Gasteiger charge is -2.23. The van der Waals surface area contributed by atoms with Gasteiger partial charge in [0.2, 0.25) is 6.79 Å². The summed E-state index contributed by atoms with van der Waals surface area (Å²) >= 11 is 0. The molecule has 0 spiro atoms. The van der Waals surface area contributed by atoms with E-state index >= 15 is 0 Å². The van der Waals surface area contributed by atoms with E-state index in [1.54, 1.807) is 0 Å². The van der Waals surface area contributed by atoms with Crippen LogP contribution >= 0.6 is 0 Å². The minimum atomic E-state index is -0.632. The third-order valence-corrected chi connectivity index (χ3v) is 6.61. The molecule has 3 aliphatic rings. The lowest BCUT2D eigenvalue weighted by Crippen LogP contribution is -2.24. The third kappa shape index (κ3) is 3.55. The normalized spacial score (nSPS) is 20.3. The van der Waals surface area contributed by atoms with E-state index in [0.717, 1.165) is 70.5 Å². The number of pyridine rings is 1. The van der Waals surface area contributed by atoms with Crippen LogP contribution in [0.3, 0.4) is 0 Å². The summed E-state index contributed by atoms with van der Waals surface area (Å²) in [5.74, 6) is 1.07. The number of carbonyl (C=O) groups is 2. The topological polar surface area (TPSA) is 74.7 Å². The largest absolute Gasteiger partial charge is 0.454 e. The first-order chi connectivity index (χ1) is 16.2. The van der Waals surface area contributed by atoms with Gasteiger partial charge in [-0.25, -0.2) is 9.78 Å². The van der Waals surface area contributed by atoms with Gasteiger partial charge < -0.3 is 14.2 Å². The van der Waals surface area contributed by atoms with Gasteiger partial charge in [0.25, 0.3) is 0 Å². The maximum absolute atomic E-state index is 13.4. The fourth-order valence-electron chi connectivity index (χ4n) is 5.01. The molecule has 1 aromatic heterocycles. The zero-order valence-electron chi connectivity index (χ0n) is 18.1. The second-order valence-electron chi connectivity index (χ2n) is 8.72. The highest BCUT2D eigenvalue weighted by Crippen LogP contribution is 2.38. The lowest BCUT2D eigenvalue weighted by atomic mass is 9.86. The van der Waals surface area contributed by atoms with Crippen molar-refractivity contribution < 1.29 is 23.8 Å². The summed E-state index contributed by atoms with van der Waals surface area (Å²) < 4.78 is 16.7. The van der Waals surface area contributed by atoms with E-state index in [4.69, 9.17) is 19.2 Å². The van der Waals surface area contributed by atoms with Crippen LogP contribution in [-0.2, 0) is 16.0 Å².